The van der Waals surface area contributed by atoms with Crippen LogP contribution >= 0.6 is 23.2 Å². The molecule has 11 aliphatic rings. The van der Waals surface area contributed by atoms with Crippen LogP contribution in [0.25, 0.3) is 0 Å². The summed E-state index contributed by atoms with van der Waals surface area (Å²) in [5.74, 6) is -8.72. The summed E-state index contributed by atoms with van der Waals surface area (Å²) in [5, 5.41) is 95.2. The first-order valence-corrected chi connectivity index (χ1v) is 38.3. The van der Waals surface area contributed by atoms with Crippen LogP contribution in [0.15, 0.2) is 12.1 Å². The second-order valence-electron chi connectivity index (χ2n) is 31.0. The van der Waals surface area contributed by atoms with Gasteiger partial charge in [-0.3, -0.25) is 4.79 Å². The zero-order valence-electron chi connectivity index (χ0n) is 64.9. The summed E-state index contributed by atoms with van der Waals surface area (Å²) in [6.07, 6.45) is -37.4. The normalized spacial score (nSPS) is 45.3. The fourth-order valence-corrected chi connectivity index (χ4v) is 18.3. The van der Waals surface area contributed by atoms with Gasteiger partial charge in [-0.25, -0.2) is 9.59 Å². The fraction of sp³-hybridized carbons (Fsp3) is 0.795. The number of phenolic OH excluding ortho intramolecular Hbond substituents is 3. The Labute approximate surface area is 660 Å². The topological polar surface area (TPSA) is 482 Å². The van der Waals surface area contributed by atoms with E-state index in [1.807, 2.05) is 0 Å². The van der Waals surface area contributed by atoms with Gasteiger partial charge in [0.1, 0.15) is 132 Å². The molecule has 11 saturated heterocycles. The lowest BCUT2D eigenvalue weighted by Gasteiger charge is -2.51. The summed E-state index contributed by atoms with van der Waals surface area (Å²) < 4.78 is 155. The van der Waals surface area contributed by atoms with Crippen molar-refractivity contribution in [3.05, 3.63) is 44.4 Å². The second kappa shape index (κ2) is 34.0. The number of nitrogens with one attached hydrogen (secondary N) is 1. The number of rotatable bonds is 21. The Morgan fingerprint density at radius 2 is 1.34 bits per heavy atom. The SMILES string of the molecule is COC[C@H]1O[C@@H](O[C@@H]2OC[C@@H]3O[C@@]4(OC[C@@H](OC(=O)c5c(C)cc(O)cc5O)[C@@H]5OCO[C@H]54)O[C@H]3[C@H]2O)[C@@H](OC)[C@@H](O)[C@@H]1O[C@@H]1O[C@H](C)[C@H](OC)[C@H](O[C@@H]2O[C@H](C)[C@H]3O[C@]4(C[C@@H](O)[C@H]([C@H]5C[C@@H](O[C@H]6C[C@@](C)(NC(=O)[C@H](C)N)[C@@H](OC)[C@H](C)O6)[C@H](OC(=O)c6c(C)c(Cl)c(O)c(Cl)c6OC)[C@@H](C)O5)[C@@H](C)O4)O[C@]3(C)[C@@H]2O)[C@H]1O. The number of benzene rings is 2. The third-order valence-corrected chi connectivity index (χ3v) is 24.1. The van der Waals surface area contributed by atoms with Crippen LogP contribution in [0.1, 0.15) is 106 Å². The Morgan fingerprint density at radius 1 is 0.637 bits per heavy atom. The molecule has 11 heterocycles. The van der Waals surface area contributed by atoms with Gasteiger partial charge >= 0.3 is 17.9 Å². The average molecular weight is 1660 g/mol. The lowest BCUT2D eigenvalue weighted by molar-refractivity contribution is -0.407. The van der Waals surface area contributed by atoms with Crippen molar-refractivity contribution in [1.82, 2.24) is 5.32 Å². The molecule has 0 radical (unpaired) electrons. The van der Waals surface area contributed by atoms with Crippen molar-refractivity contribution >= 4 is 41.0 Å². The van der Waals surface area contributed by atoms with E-state index in [1.54, 1.807) is 55.4 Å². The lowest BCUT2D eigenvalue weighted by atomic mass is 9.81. The van der Waals surface area contributed by atoms with E-state index in [1.165, 1.54) is 55.5 Å². The number of aliphatic hydroxyl groups is 5. The maximum Gasteiger partial charge on any atom is 0.342 e. The van der Waals surface area contributed by atoms with Crippen LogP contribution in [0.2, 0.25) is 10.0 Å². The molecule has 0 saturated carbocycles. The molecule has 11 N–H and O–H groups in total. The molecule has 0 unspecified atom stereocenters. The van der Waals surface area contributed by atoms with Gasteiger partial charge in [-0.15, -0.1) is 0 Å². The summed E-state index contributed by atoms with van der Waals surface area (Å²) in [4.78, 5) is 41.1. The molecule has 36 atom stereocenters. The maximum absolute atomic E-state index is 14.5. The van der Waals surface area contributed by atoms with Crippen LogP contribution in [0.5, 0.6) is 23.0 Å². The molecule has 11 aliphatic heterocycles. The zero-order chi connectivity index (χ0) is 81.7. The van der Waals surface area contributed by atoms with Gasteiger partial charge in [-0.1, -0.05) is 23.2 Å². The molecule has 13 rings (SSSR count). The number of amides is 1. The minimum absolute atomic E-state index is 0.0268. The predicted octanol–water partition coefficient (Wildman–Crippen LogP) is 0.722. The number of esters is 2. The predicted molar refractivity (Wildman–Crippen MR) is 376 cm³/mol. The van der Waals surface area contributed by atoms with Gasteiger partial charge in [0.25, 0.3) is 5.97 Å². The molecule has 636 valence electrons. The zero-order valence-corrected chi connectivity index (χ0v) is 66.4. The Morgan fingerprint density at radius 3 is 2.01 bits per heavy atom. The van der Waals surface area contributed by atoms with E-state index in [-0.39, 0.29) is 89.7 Å². The van der Waals surface area contributed by atoms with Gasteiger partial charge in [0.05, 0.1) is 92.7 Å². The molecule has 2 aromatic rings. The number of aryl methyl sites for hydroxylation is 1. The van der Waals surface area contributed by atoms with Crippen LogP contribution in [0, 0.1) is 19.8 Å². The molecular weight excluding hydrogens is 1550 g/mol. The third-order valence-electron chi connectivity index (χ3n) is 23.3. The number of ether oxygens (including phenoxy) is 25. The van der Waals surface area contributed by atoms with Gasteiger partial charge in [-0.05, 0) is 86.4 Å². The summed E-state index contributed by atoms with van der Waals surface area (Å²) in [6, 6.07) is 1.41. The highest BCUT2D eigenvalue weighted by Gasteiger charge is 2.70. The van der Waals surface area contributed by atoms with Gasteiger partial charge in [0, 0.05) is 53.3 Å². The number of aliphatic hydroxyl groups excluding tert-OH is 5. The number of methoxy groups -OCH3 is 5. The number of carbonyl (C=O) groups excluding carboxylic acids is 3. The number of aromatic hydroxyl groups is 3. The first kappa shape index (κ1) is 86.4. The average Bonchev–Trinajstić information content (AvgIpc) is 1.58. The number of carbonyl (C=O) groups is 3. The number of hydrogen-bond donors (Lipinski definition) is 10. The fourth-order valence-electron chi connectivity index (χ4n) is 17.8. The number of phenols is 3. The summed E-state index contributed by atoms with van der Waals surface area (Å²) in [5.41, 5.74) is 3.17. The van der Waals surface area contributed by atoms with E-state index >= 15 is 0 Å². The molecule has 0 bridgehead atoms. The molecule has 38 nitrogen and oxygen atoms in total. The van der Waals surface area contributed by atoms with Crippen LogP contribution in [0.3, 0.4) is 0 Å². The van der Waals surface area contributed by atoms with E-state index < -0.39 is 248 Å². The maximum atomic E-state index is 14.5. The van der Waals surface area contributed by atoms with Crippen LogP contribution in [0.4, 0.5) is 0 Å². The molecule has 113 heavy (non-hydrogen) atoms. The van der Waals surface area contributed by atoms with Crippen molar-refractivity contribution in [1.29, 1.82) is 0 Å². The lowest BCUT2D eigenvalue weighted by Crippen LogP contribution is -2.68. The van der Waals surface area contributed by atoms with Crippen LogP contribution in [-0.4, -0.2) is 334 Å². The van der Waals surface area contributed by atoms with E-state index in [9.17, 15) is 55.2 Å². The molecule has 1 amide bonds. The van der Waals surface area contributed by atoms with Gasteiger partial charge in [0.15, 0.2) is 61.3 Å². The highest BCUT2D eigenvalue weighted by atomic mass is 35.5. The van der Waals surface area contributed by atoms with Crippen molar-refractivity contribution < 1.29 is 174 Å². The molecule has 2 spiro atoms. The minimum atomic E-state index is -2.03. The van der Waals surface area contributed by atoms with E-state index in [0.717, 1.165) is 6.07 Å². The molecule has 11 fully saturated rings. The Kier molecular flexibility index (Phi) is 26.0. The highest BCUT2D eigenvalue weighted by molar-refractivity contribution is 6.39. The van der Waals surface area contributed by atoms with Crippen molar-refractivity contribution in [3.63, 3.8) is 0 Å². The molecule has 40 heteroatoms. The molecule has 0 aromatic heterocycles. The Balaban J connectivity index is 0.660. The quantitative estimate of drug-likeness (QED) is 0.0770. The number of hydrogen-bond acceptors (Lipinski definition) is 37. The van der Waals surface area contributed by atoms with Crippen LogP contribution < -0.4 is 15.8 Å². The Hall–Kier alpha value is -4.49. The minimum Gasteiger partial charge on any atom is -0.508 e. The van der Waals surface area contributed by atoms with E-state index in [2.05, 4.69) is 5.32 Å². The number of nitrogens with two attached hydrogens (primary N) is 1. The monoisotopic (exact) mass is 1650 g/mol. The highest BCUT2D eigenvalue weighted by Crippen LogP contribution is 2.54. The van der Waals surface area contributed by atoms with Crippen molar-refractivity contribution in [2.75, 3.05) is 62.2 Å². The summed E-state index contributed by atoms with van der Waals surface area (Å²) >= 11 is 12.9. The summed E-state index contributed by atoms with van der Waals surface area (Å²) in [6.45, 7) is 15.1. The smallest absolute Gasteiger partial charge is 0.342 e. The van der Waals surface area contributed by atoms with Gasteiger partial charge in [0.2, 0.25) is 5.91 Å². The van der Waals surface area contributed by atoms with Crippen molar-refractivity contribution in [2.45, 2.75) is 302 Å². The van der Waals surface area contributed by atoms with Crippen molar-refractivity contribution in [3.8, 4) is 23.0 Å². The molecular formula is C73H104Cl2N2O36. The number of halogens is 2. The second-order valence-corrected chi connectivity index (χ2v) is 31.8. The molecule has 2 aromatic carbocycles. The Bertz CT molecular complexity index is 3690. The summed E-state index contributed by atoms with van der Waals surface area (Å²) in [7, 11) is 6.74. The van der Waals surface area contributed by atoms with E-state index in [4.69, 9.17) is 147 Å². The van der Waals surface area contributed by atoms with Gasteiger partial charge < -0.3 is 170 Å². The van der Waals surface area contributed by atoms with E-state index in [0.29, 0.717) is 0 Å². The number of fused-ring (bicyclic) bond motifs is 4. The van der Waals surface area contributed by atoms with Crippen molar-refractivity contribution in [2.24, 2.45) is 11.7 Å². The largest absolute Gasteiger partial charge is 0.508 e. The van der Waals surface area contributed by atoms with Gasteiger partial charge in [-0.2, -0.15) is 0 Å². The van der Waals surface area contributed by atoms with Crippen LogP contribution in [-0.2, 0) is 118 Å². The first-order chi connectivity index (χ1) is 53.5. The third kappa shape index (κ3) is 16.1. The first-order valence-electron chi connectivity index (χ1n) is 37.5. The standard InChI is InChI=1S/C73H104Cl2N2O36/c1-25-16-33(78)17-34(79)42(25)64(87)103-39-23-97-73(62-55(39)95-24-96-62)110-40-22-94-66(49(83)54(40)111-73)108-68-58(92-14)48(82)53(38(104-68)21-89-11)106-67-50(84)57(52(90-12)30(6)100-67)107-69-59(85)71(10)61(32(8)101-69)112-72(113-71)19-35(80)44(28(4)109-72)36-18-37(102-41-20-70(9,77-63(86)27(3)76)60(93-15)31(7)99-41)51(29(5)98-36)105-65(88)43-26(2)45(74)47(81)46(75)56(43)91-13/h16-17,27-32,35-41,44,48-55,57-62,66-69,78-85H,18-24,76H2,1-15H3,(H,77,86)/t27-,28+,29+,30+,31-,32+,35+,36+,37+,38+,39+,40-,41-,44+,48-,49+,50+,51+,52-,53+,54+,55-,57+,58-,59+,60-,61+,62+,66-,67-,68-,69-,70+,71+,72+,73+/m0/s1. The molecule has 0 aliphatic carbocycles.